The minimum absolute atomic E-state index is 0.0329. The van der Waals surface area contributed by atoms with Gasteiger partial charge in [-0.2, -0.15) is 4.31 Å². The number of methoxy groups -OCH3 is 1. The number of aliphatic hydroxyl groups excluding tert-OH is 1. The van der Waals surface area contributed by atoms with Gasteiger partial charge in [0.2, 0.25) is 16.3 Å². The molecule has 0 spiro atoms. The van der Waals surface area contributed by atoms with Crippen molar-refractivity contribution in [1.29, 1.82) is 0 Å². The van der Waals surface area contributed by atoms with Crippen molar-refractivity contribution in [2.24, 2.45) is 11.8 Å². The van der Waals surface area contributed by atoms with E-state index in [4.69, 9.17) is 14.2 Å². The van der Waals surface area contributed by atoms with Gasteiger partial charge in [-0.25, -0.2) is 8.42 Å². The first-order valence-corrected chi connectivity index (χ1v) is 14.4. The van der Waals surface area contributed by atoms with Crippen LogP contribution in [0, 0.1) is 11.8 Å². The van der Waals surface area contributed by atoms with Crippen LogP contribution in [0.1, 0.15) is 24.8 Å². The highest BCUT2D eigenvalue weighted by molar-refractivity contribution is 7.89. The summed E-state index contributed by atoms with van der Waals surface area (Å²) in [7, 11) is -2.33. The number of hydrogen-bond acceptors (Lipinski definition) is 7. The van der Waals surface area contributed by atoms with E-state index in [0.717, 1.165) is 24.8 Å². The summed E-state index contributed by atoms with van der Waals surface area (Å²) in [5.41, 5.74) is 1.14. The summed E-state index contributed by atoms with van der Waals surface area (Å²) < 4.78 is 44.4. The Balaban J connectivity index is 1.32. The predicted molar refractivity (Wildman–Crippen MR) is 142 cm³/mol. The first kappa shape index (κ1) is 28.1. The lowest BCUT2D eigenvalue weighted by Gasteiger charge is -2.30. The van der Waals surface area contributed by atoms with Crippen molar-refractivity contribution in [3.8, 4) is 5.75 Å². The topological polar surface area (TPSA) is 114 Å². The van der Waals surface area contributed by atoms with Crippen LogP contribution < -0.4 is 10.1 Å². The molecule has 4 rings (SSSR count). The van der Waals surface area contributed by atoms with Crippen LogP contribution in [-0.2, 0) is 30.7 Å². The minimum atomic E-state index is -3.84. The van der Waals surface area contributed by atoms with Crippen molar-refractivity contribution < 1.29 is 32.5 Å². The van der Waals surface area contributed by atoms with Crippen LogP contribution in [0.4, 0.5) is 0 Å². The molecule has 0 bridgehead atoms. The fourth-order valence-electron chi connectivity index (χ4n) is 4.50. The molecule has 38 heavy (non-hydrogen) atoms. The van der Waals surface area contributed by atoms with Gasteiger partial charge in [-0.05, 0) is 67.0 Å². The molecule has 10 heteroatoms. The molecule has 1 saturated carbocycles. The van der Waals surface area contributed by atoms with Crippen molar-refractivity contribution >= 4 is 15.9 Å². The second-order valence-electron chi connectivity index (χ2n) is 9.48. The number of nitrogens with zero attached hydrogens (tertiary/aromatic N) is 1. The SMILES string of the molecule is COc1ccc(S(=O)(=O)N(CCO)CCO[C@H]2C[C@@H](C3CC3)C=C(C(=O)NCCc3ccccc3)O2)cc1. The van der Waals surface area contributed by atoms with Crippen molar-refractivity contribution in [3.63, 3.8) is 0 Å². The van der Waals surface area contributed by atoms with E-state index in [2.05, 4.69) is 5.32 Å². The molecule has 0 aromatic heterocycles. The molecule has 206 valence electrons. The van der Waals surface area contributed by atoms with E-state index in [9.17, 15) is 18.3 Å². The molecule has 0 saturated heterocycles. The summed E-state index contributed by atoms with van der Waals surface area (Å²) in [6.45, 7) is 0.187. The number of carbonyl (C=O) groups excluding carboxylic acids is 1. The van der Waals surface area contributed by atoms with Crippen LogP contribution in [0.3, 0.4) is 0 Å². The first-order chi connectivity index (χ1) is 18.4. The molecule has 0 unspecified atom stereocenters. The Hall–Kier alpha value is -2.92. The van der Waals surface area contributed by atoms with Gasteiger partial charge >= 0.3 is 0 Å². The fourth-order valence-corrected chi connectivity index (χ4v) is 5.91. The van der Waals surface area contributed by atoms with Crippen molar-refractivity contribution in [2.75, 3.05) is 40.0 Å². The van der Waals surface area contributed by atoms with Crippen LogP contribution in [0.5, 0.6) is 5.75 Å². The standard InChI is InChI=1S/C28H36N2O7S/c1-35-24-9-11-25(12-10-24)38(33,34)30(15-17-31)16-18-36-27-20-23(22-7-8-22)19-26(37-27)28(32)29-14-13-21-5-3-2-4-6-21/h2-6,9-12,19,22-23,27,31H,7-8,13-18,20H2,1H3,(H,29,32)/t23-,27+/m0/s1. The Labute approximate surface area is 224 Å². The summed E-state index contributed by atoms with van der Waals surface area (Å²) in [5, 5.41) is 12.4. The van der Waals surface area contributed by atoms with Gasteiger partial charge in [0.25, 0.3) is 5.91 Å². The molecule has 2 aromatic carbocycles. The first-order valence-electron chi connectivity index (χ1n) is 13.0. The van der Waals surface area contributed by atoms with Crippen LogP contribution in [0.2, 0.25) is 0 Å². The highest BCUT2D eigenvalue weighted by Crippen LogP contribution is 2.42. The van der Waals surface area contributed by atoms with Gasteiger partial charge in [-0.1, -0.05) is 30.3 Å². The number of ether oxygens (including phenoxy) is 3. The van der Waals surface area contributed by atoms with E-state index in [1.807, 2.05) is 36.4 Å². The minimum Gasteiger partial charge on any atom is -0.497 e. The monoisotopic (exact) mass is 544 g/mol. The lowest BCUT2D eigenvalue weighted by molar-refractivity contribution is -0.149. The fraction of sp³-hybridized carbons (Fsp3) is 0.464. The normalized spacial score (nSPS) is 19.5. The molecule has 1 fully saturated rings. The molecular formula is C28H36N2O7S. The number of nitrogens with one attached hydrogen (secondary N) is 1. The summed E-state index contributed by atoms with van der Waals surface area (Å²) in [5.74, 6) is 1.22. The summed E-state index contributed by atoms with van der Waals surface area (Å²) in [6.07, 6.45) is 4.80. The highest BCUT2D eigenvalue weighted by atomic mass is 32.2. The third-order valence-corrected chi connectivity index (χ3v) is 8.69. The summed E-state index contributed by atoms with van der Waals surface area (Å²) >= 11 is 0. The molecule has 1 aliphatic heterocycles. The Morgan fingerprint density at radius 2 is 1.84 bits per heavy atom. The number of aliphatic hydroxyl groups is 1. The number of hydrogen-bond donors (Lipinski definition) is 2. The molecule has 9 nitrogen and oxygen atoms in total. The second-order valence-corrected chi connectivity index (χ2v) is 11.4. The molecule has 2 N–H and O–H groups in total. The number of sulfonamides is 1. The molecule has 2 aliphatic rings. The maximum Gasteiger partial charge on any atom is 0.286 e. The smallest absolute Gasteiger partial charge is 0.286 e. The van der Waals surface area contributed by atoms with E-state index in [1.165, 1.54) is 23.5 Å². The molecular weight excluding hydrogens is 508 g/mol. The van der Waals surface area contributed by atoms with Crippen LogP contribution in [0.15, 0.2) is 71.3 Å². The van der Waals surface area contributed by atoms with Crippen molar-refractivity contribution in [1.82, 2.24) is 9.62 Å². The van der Waals surface area contributed by atoms with E-state index < -0.39 is 16.3 Å². The van der Waals surface area contributed by atoms with Gasteiger partial charge in [-0.3, -0.25) is 4.79 Å². The lowest BCUT2D eigenvalue weighted by Crippen LogP contribution is -2.38. The Morgan fingerprint density at radius 3 is 2.50 bits per heavy atom. The third kappa shape index (κ3) is 7.57. The van der Waals surface area contributed by atoms with Gasteiger partial charge in [0.1, 0.15) is 5.75 Å². The quantitative estimate of drug-likeness (QED) is 0.376. The van der Waals surface area contributed by atoms with Gasteiger partial charge in [0.15, 0.2) is 5.76 Å². The molecule has 1 heterocycles. The van der Waals surface area contributed by atoms with E-state index in [1.54, 1.807) is 12.1 Å². The predicted octanol–water partition coefficient (Wildman–Crippen LogP) is 2.71. The zero-order valence-electron chi connectivity index (χ0n) is 21.6. The number of rotatable bonds is 14. The van der Waals surface area contributed by atoms with Gasteiger partial charge in [0, 0.05) is 26.1 Å². The average Bonchev–Trinajstić information content (AvgIpc) is 3.79. The lowest BCUT2D eigenvalue weighted by atomic mass is 9.96. The zero-order valence-corrected chi connectivity index (χ0v) is 22.4. The number of benzene rings is 2. The highest BCUT2D eigenvalue weighted by Gasteiger charge is 2.37. The van der Waals surface area contributed by atoms with Gasteiger partial charge in [0.05, 0.1) is 25.2 Å². The third-order valence-electron chi connectivity index (χ3n) is 6.77. The van der Waals surface area contributed by atoms with Gasteiger partial charge in [-0.15, -0.1) is 0 Å². The zero-order chi connectivity index (χ0) is 27.0. The largest absolute Gasteiger partial charge is 0.497 e. The number of allylic oxidation sites excluding steroid dienone is 1. The van der Waals surface area contributed by atoms with E-state index in [-0.39, 0.29) is 48.8 Å². The molecule has 1 aliphatic carbocycles. The maximum absolute atomic E-state index is 13.1. The van der Waals surface area contributed by atoms with Crippen LogP contribution in [0.25, 0.3) is 0 Å². The summed E-state index contributed by atoms with van der Waals surface area (Å²) in [6, 6.07) is 16.0. The maximum atomic E-state index is 13.1. The van der Waals surface area contributed by atoms with Crippen LogP contribution in [-0.4, -0.2) is 70.0 Å². The second kappa shape index (κ2) is 13.2. The number of amides is 1. The summed E-state index contributed by atoms with van der Waals surface area (Å²) in [4.78, 5) is 12.9. The Morgan fingerprint density at radius 1 is 1.11 bits per heavy atom. The van der Waals surface area contributed by atoms with Crippen molar-refractivity contribution in [3.05, 3.63) is 72.0 Å². The van der Waals surface area contributed by atoms with E-state index >= 15 is 0 Å². The van der Waals surface area contributed by atoms with Gasteiger partial charge < -0.3 is 24.6 Å². The molecule has 2 atom stereocenters. The van der Waals surface area contributed by atoms with Crippen molar-refractivity contribution in [2.45, 2.75) is 36.9 Å². The van der Waals surface area contributed by atoms with Crippen LogP contribution >= 0.6 is 0 Å². The average molecular weight is 545 g/mol. The number of carbonyl (C=O) groups is 1. The molecule has 2 aromatic rings. The molecule has 1 amide bonds. The van der Waals surface area contributed by atoms with E-state index in [0.29, 0.717) is 24.6 Å². The Bertz CT molecular complexity index is 1180. The Kier molecular flexibility index (Phi) is 9.79. The molecule has 0 radical (unpaired) electrons.